The van der Waals surface area contributed by atoms with E-state index in [9.17, 15) is 8.78 Å². The van der Waals surface area contributed by atoms with E-state index in [0.29, 0.717) is 0 Å². The molecule has 0 saturated heterocycles. The third-order valence-corrected chi connectivity index (χ3v) is 2.74. The first-order valence-electron chi connectivity index (χ1n) is 3.35. The van der Waals surface area contributed by atoms with Gasteiger partial charge in [0.2, 0.25) is 6.43 Å². The maximum Gasteiger partial charge on any atom is 0.247 e. The molecule has 0 bridgehead atoms. The summed E-state index contributed by atoms with van der Waals surface area (Å²) in [5.74, 6) is -0.137. The van der Waals surface area contributed by atoms with Crippen LogP contribution in [0.25, 0.3) is 0 Å². The van der Waals surface area contributed by atoms with Crippen LogP contribution in [0.4, 0.5) is 8.78 Å². The second-order valence-corrected chi connectivity index (χ2v) is 4.17. The first-order chi connectivity index (χ1) is 5.68. The van der Waals surface area contributed by atoms with Crippen LogP contribution in [0.5, 0.6) is 0 Å². The van der Waals surface area contributed by atoms with Gasteiger partial charge in [0.1, 0.15) is 0 Å². The highest BCUT2D eigenvalue weighted by atomic mass is 79.9. The normalized spacial score (nSPS) is 10.7. The zero-order valence-corrected chi connectivity index (χ0v) is 8.54. The molecule has 0 unspecified atom stereocenters. The number of rotatable bonds is 3. The van der Waals surface area contributed by atoms with Crippen LogP contribution < -0.4 is 0 Å². The van der Waals surface area contributed by atoms with Crippen molar-refractivity contribution in [1.29, 1.82) is 0 Å². The molecule has 0 amide bonds. The van der Waals surface area contributed by atoms with Crippen molar-refractivity contribution in [3.05, 3.63) is 28.7 Å². The zero-order valence-electron chi connectivity index (χ0n) is 6.14. The molecular formula is C8H7BrF2S. The first kappa shape index (κ1) is 9.99. The van der Waals surface area contributed by atoms with Crippen LogP contribution in [0.1, 0.15) is 0 Å². The highest BCUT2D eigenvalue weighted by Gasteiger charge is 2.02. The zero-order chi connectivity index (χ0) is 8.97. The molecule has 0 aromatic heterocycles. The second kappa shape index (κ2) is 4.82. The molecule has 1 aromatic rings. The minimum absolute atomic E-state index is 0.137. The predicted octanol–water partition coefficient (Wildman–Crippen LogP) is 3.81. The van der Waals surface area contributed by atoms with Gasteiger partial charge in [0, 0.05) is 9.37 Å². The molecule has 0 aliphatic carbocycles. The quantitative estimate of drug-likeness (QED) is 0.738. The van der Waals surface area contributed by atoms with E-state index < -0.39 is 6.43 Å². The number of alkyl halides is 2. The Kier molecular flexibility index (Phi) is 4.01. The van der Waals surface area contributed by atoms with Gasteiger partial charge in [0.15, 0.2) is 0 Å². The lowest BCUT2D eigenvalue weighted by molar-refractivity contribution is 0.177. The molecule has 0 N–H and O–H groups in total. The molecule has 0 spiro atoms. The van der Waals surface area contributed by atoms with Crippen molar-refractivity contribution in [2.45, 2.75) is 11.3 Å². The smallest absolute Gasteiger partial charge is 0.210 e. The fourth-order valence-corrected chi connectivity index (χ4v) is 1.60. The van der Waals surface area contributed by atoms with E-state index in [1.54, 1.807) is 0 Å². The van der Waals surface area contributed by atoms with Gasteiger partial charge in [-0.15, -0.1) is 11.8 Å². The largest absolute Gasteiger partial charge is 0.247 e. The van der Waals surface area contributed by atoms with Gasteiger partial charge < -0.3 is 0 Å². The fraction of sp³-hybridized carbons (Fsp3) is 0.250. The van der Waals surface area contributed by atoms with Crippen molar-refractivity contribution in [3.8, 4) is 0 Å². The van der Waals surface area contributed by atoms with E-state index in [1.165, 1.54) is 11.8 Å². The summed E-state index contributed by atoms with van der Waals surface area (Å²) in [4.78, 5) is 0.874. The molecule has 0 aliphatic rings. The lowest BCUT2D eigenvalue weighted by Crippen LogP contribution is -1.92. The lowest BCUT2D eigenvalue weighted by Gasteiger charge is -1.99. The first-order valence-corrected chi connectivity index (χ1v) is 5.13. The van der Waals surface area contributed by atoms with Crippen LogP contribution in [-0.2, 0) is 0 Å². The summed E-state index contributed by atoms with van der Waals surface area (Å²) in [5.41, 5.74) is 0. The summed E-state index contributed by atoms with van der Waals surface area (Å²) in [6.07, 6.45) is -2.24. The Labute approximate surface area is 82.5 Å². The molecule has 0 nitrogen and oxygen atoms in total. The van der Waals surface area contributed by atoms with Crippen LogP contribution in [0, 0.1) is 0 Å². The molecule has 12 heavy (non-hydrogen) atoms. The van der Waals surface area contributed by atoms with Crippen LogP contribution in [0.3, 0.4) is 0 Å². The summed E-state index contributed by atoms with van der Waals surface area (Å²) in [7, 11) is 0. The molecule has 0 atom stereocenters. The van der Waals surface area contributed by atoms with Crippen molar-refractivity contribution in [3.63, 3.8) is 0 Å². The number of halogens is 3. The second-order valence-electron chi connectivity index (χ2n) is 2.16. The minimum atomic E-state index is -2.24. The molecule has 0 radical (unpaired) electrons. The highest BCUT2D eigenvalue weighted by molar-refractivity contribution is 9.10. The third-order valence-electron chi connectivity index (χ3n) is 1.19. The maximum absolute atomic E-state index is 11.8. The van der Waals surface area contributed by atoms with Crippen molar-refractivity contribution >= 4 is 27.7 Å². The van der Waals surface area contributed by atoms with E-state index >= 15 is 0 Å². The topological polar surface area (TPSA) is 0 Å². The van der Waals surface area contributed by atoms with Gasteiger partial charge in [0.25, 0.3) is 0 Å². The van der Waals surface area contributed by atoms with E-state index in [2.05, 4.69) is 15.9 Å². The third kappa shape index (κ3) is 3.54. The monoisotopic (exact) mass is 252 g/mol. The van der Waals surface area contributed by atoms with Gasteiger partial charge in [-0.2, -0.15) is 0 Å². The molecule has 1 rings (SSSR count). The molecule has 0 saturated carbocycles. The molecule has 4 heteroatoms. The standard InChI is InChI=1S/C8H7BrF2S/c9-6-1-3-7(4-2-6)12-5-8(10)11/h1-4,8H,5H2. The average molecular weight is 253 g/mol. The van der Waals surface area contributed by atoms with Crippen LogP contribution in [0.15, 0.2) is 33.6 Å². The Morgan fingerprint density at radius 3 is 2.33 bits per heavy atom. The Morgan fingerprint density at radius 2 is 1.83 bits per heavy atom. The molecular weight excluding hydrogens is 246 g/mol. The summed E-state index contributed by atoms with van der Waals surface area (Å²) < 4.78 is 24.5. The van der Waals surface area contributed by atoms with Gasteiger partial charge in [-0.1, -0.05) is 15.9 Å². The lowest BCUT2D eigenvalue weighted by atomic mass is 10.4. The minimum Gasteiger partial charge on any atom is -0.210 e. The van der Waals surface area contributed by atoms with E-state index in [1.807, 2.05) is 24.3 Å². The number of hydrogen-bond donors (Lipinski definition) is 0. The van der Waals surface area contributed by atoms with E-state index in [4.69, 9.17) is 0 Å². The Morgan fingerprint density at radius 1 is 1.25 bits per heavy atom. The maximum atomic E-state index is 11.8. The molecule has 0 fully saturated rings. The van der Waals surface area contributed by atoms with Gasteiger partial charge in [-0.25, -0.2) is 8.78 Å². The molecule has 0 aliphatic heterocycles. The summed E-state index contributed by atoms with van der Waals surface area (Å²) in [5, 5.41) is 0. The summed E-state index contributed by atoms with van der Waals surface area (Å²) in [6, 6.07) is 7.32. The number of hydrogen-bond acceptors (Lipinski definition) is 1. The summed E-state index contributed by atoms with van der Waals surface area (Å²) in [6.45, 7) is 0. The molecule has 0 heterocycles. The van der Waals surface area contributed by atoms with Crippen molar-refractivity contribution in [2.24, 2.45) is 0 Å². The Balaban J connectivity index is 2.48. The SMILES string of the molecule is FC(F)CSc1ccc(Br)cc1. The van der Waals surface area contributed by atoms with Crippen molar-refractivity contribution in [1.82, 2.24) is 0 Å². The number of thioether (sulfide) groups is 1. The van der Waals surface area contributed by atoms with Crippen LogP contribution in [-0.4, -0.2) is 12.2 Å². The molecule has 66 valence electrons. The van der Waals surface area contributed by atoms with Gasteiger partial charge in [-0.05, 0) is 24.3 Å². The van der Waals surface area contributed by atoms with E-state index in [-0.39, 0.29) is 5.75 Å². The number of benzene rings is 1. The average Bonchev–Trinajstić information content (AvgIpc) is 2.03. The molecule has 1 aromatic carbocycles. The van der Waals surface area contributed by atoms with Crippen molar-refractivity contribution < 1.29 is 8.78 Å². The van der Waals surface area contributed by atoms with Gasteiger partial charge in [0.05, 0.1) is 5.75 Å². The van der Waals surface area contributed by atoms with Crippen molar-refractivity contribution in [2.75, 3.05) is 5.75 Å². The Hall–Kier alpha value is -0.0900. The Bertz CT molecular complexity index is 235. The van der Waals surface area contributed by atoms with Gasteiger partial charge in [-0.3, -0.25) is 0 Å². The van der Waals surface area contributed by atoms with Crippen LogP contribution in [0.2, 0.25) is 0 Å². The van der Waals surface area contributed by atoms with Gasteiger partial charge >= 0.3 is 0 Å². The predicted molar refractivity (Wildman–Crippen MR) is 50.9 cm³/mol. The van der Waals surface area contributed by atoms with Crippen LogP contribution >= 0.6 is 27.7 Å². The highest BCUT2D eigenvalue weighted by Crippen LogP contribution is 2.21. The fourth-order valence-electron chi connectivity index (χ4n) is 0.690. The summed E-state index contributed by atoms with van der Waals surface area (Å²) >= 11 is 4.43. The van der Waals surface area contributed by atoms with E-state index in [0.717, 1.165) is 9.37 Å².